The standard InChI is InChI=1S/C24H32N2O3/c27-22-10-13-25(14-11-22)16-21-7-3-4-8-24(21)29-18-23(28)17-26-12-9-19-5-1-2-6-20(19)15-26/h1-8,22-23,27-28H,9-18H2/t23-/m1/s1. The molecule has 0 radical (unpaired) electrons. The van der Waals surface area contributed by atoms with Crippen LogP contribution in [0.5, 0.6) is 5.75 Å². The van der Waals surface area contributed by atoms with Gasteiger partial charge in [0.1, 0.15) is 18.5 Å². The molecule has 1 fully saturated rings. The normalized spacial score (nSPS) is 19.7. The van der Waals surface area contributed by atoms with Crippen molar-refractivity contribution in [2.75, 3.05) is 32.8 Å². The van der Waals surface area contributed by atoms with Gasteiger partial charge in [-0.2, -0.15) is 0 Å². The molecule has 0 amide bonds. The van der Waals surface area contributed by atoms with Crippen LogP contribution in [-0.4, -0.2) is 65.0 Å². The highest BCUT2D eigenvalue weighted by Crippen LogP contribution is 2.23. The number of likely N-dealkylation sites (tertiary alicyclic amines) is 1. The maximum absolute atomic E-state index is 10.5. The van der Waals surface area contributed by atoms with E-state index in [1.165, 1.54) is 11.1 Å². The Bertz CT molecular complexity index is 789. The van der Waals surface area contributed by atoms with Crippen molar-refractivity contribution in [3.8, 4) is 5.75 Å². The molecular weight excluding hydrogens is 364 g/mol. The molecule has 0 aliphatic carbocycles. The predicted octanol–water partition coefficient (Wildman–Crippen LogP) is 2.44. The number of aliphatic hydroxyl groups is 2. The number of benzene rings is 2. The molecule has 0 aromatic heterocycles. The summed E-state index contributed by atoms with van der Waals surface area (Å²) in [6.07, 6.45) is 2.03. The monoisotopic (exact) mass is 396 g/mol. The van der Waals surface area contributed by atoms with Crippen LogP contribution in [0.25, 0.3) is 0 Å². The molecule has 156 valence electrons. The Morgan fingerprint density at radius 3 is 2.48 bits per heavy atom. The van der Waals surface area contributed by atoms with Gasteiger partial charge in [-0.25, -0.2) is 0 Å². The smallest absolute Gasteiger partial charge is 0.123 e. The zero-order valence-corrected chi connectivity index (χ0v) is 17.0. The van der Waals surface area contributed by atoms with Gasteiger partial charge in [-0.05, 0) is 36.5 Å². The van der Waals surface area contributed by atoms with Crippen molar-refractivity contribution in [3.63, 3.8) is 0 Å². The molecule has 5 nitrogen and oxygen atoms in total. The summed E-state index contributed by atoms with van der Waals surface area (Å²) < 4.78 is 6.02. The lowest BCUT2D eigenvalue weighted by Gasteiger charge is -2.31. The van der Waals surface area contributed by atoms with E-state index in [9.17, 15) is 10.2 Å². The Hall–Kier alpha value is -1.92. The van der Waals surface area contributed by atoms with E-state index in [0.717, 1.165) is 63.3 Å². The van der Waals surface area contributed by atoms with Crippen molar-refractivity contribution in [2.24, 2.45) is 0 Å². The average molecular weight is 397 g/mol. The van der Waals surface area contributed by atoms with E-state index in [1.54, 1.807) is 0 Å². The van der Waals surface area contributed by atoms with Crippen molar-refractivity contribution in [1.82, 2.24) is 9.80 Å². The van der Waals surface area contributed by atoms with E-state index >= 15 is 0 Å². The minimum absolute atomic E-state index is 0.158. The summed E-state index contributed by atoms with van der Waals surface area (Å²) in [5.74, 6) is 0.849. The number of hydrogen-bond donors (Lipinski definition) is 2. The molecule has 5 heteroatoms. The van der Waals surface area contributed by atoms with Crippen LogP contribution in [0.1, 0.15) is 29.5 Å². The Kier molecular flexibility index (Phi) is 6.82. The van der Waals surface area contributed by atoms with Crippen molar-refractivity contribution >= 4 is 0 Å². The van der Waals surface area contributed by atoms with E-state index in [2.05, 4.69) is 40.1 Å². The third-order valence-corrected chi connectivity index (χ3v) is 6.03. The van der Waals surface area contributed by atoms with Gasteiger partial charge in [-0.15, -0.1) is 0 Å². The maximum Gasteiger partial charge on any atom is 0.123 e. The summed E-state index contributed by atoms with van der Waals surface area (Å²) in [6.45, 7) is 5.44. The molecule has 2 heterocycles. The van der Waals surface area contributed by atoms with Crippen LogP contribution >= 0.6 is 0 Å². The quantitative estimate of drug-likeness (QED) is 0.753. The highest BCUT2D eigenvalue weighted by molar-refractivity contribution is 5.33. The third-order valence-electron chi connectivity index (χ3n) is 6.03. The third kappa shape index (κ3) is 5.58. The topological polar surface area (TPSA) is 56.2 Å². The minimum Gasteiger partial charge on any atom is -0.491 e. The number of para-hydroxylation sites is 1. The van der Waals surface area contributed by atoms with E-state index in [0.29, 0.717) is 13.2 Å². The Morgan fingerprint density at radius 1 is 0.931 bits per heavy atom. The molecule has 29 heavy (non-hydrogen) atoms. The maximum atomic E-state index is 10.5. The molecule has 2 aromatic carbocycles. The molecule has 1 saturated heterocycles. The second-order valence-electron chi connectivity index (χ2n) is 8.33. The number of piperidine rings is 1. The van der Waals surface area contributed by atoms with Crippen LogP contribution < -0.4 is 4.74 Å². The average Bonchev–Trinajstić information content (AvgIpc) is 2.75. The first-order valence-electron chi connectivity index (χ1n) is 10.8. The fraction of sp³-hybridized carbons (Fsp3) is 0.500. The van der Waals surface area contributed by atoms with Crippen molar-refractivity contribution in [1.29, 1.82) is 0 Å². The first kappa shape index (κ1) is 20.4. The lowest BCUT2D eigenvalue weighted by Crippen LogP contribution is -2.39. The molecule has 0 spiro atoms. The summed E-state index contributed by atoms with van der Waals surface area (Å²) in [7, 11) is 0. The number of ether oxygens (including phenoxy) is 1. The van der Waals surface area contributed by atoms with Gasteiger partial charge in [0.05, 0.1) is 6.10 Å². The van der Waals surface area contributed by atoms with Crippen molar-refractivity contribution in [3.05, 3.63) is 65.2 Å². The second kappa shape index (κ2) is 9.72. The van der Waals surface area contributed by atoms with Gasteiger partial charge >= 0.3 is 0 Å². The van der Waals surface area contributed by atoms with E-state index in [-0.39, 0.29) is 6.10 Å². The lowest BCUT2D eigenvalue weighted by molar-refractivity contribution is 0.0618. The van der Waals surface area contributed by atoms with Crippen LogP contribution in [0.2, 0.25) is 0 Å². The Morgan fingerprint density at radius 2 is 1.66 bits per heavy atom. The minimum atomic E-state index is -0.515. The second-order valence-corrected chi connectivity index (χ2v) is 8.33. The van der Waals surface area contributed by atoms with Crippen LogP contribution in [-0.2, 0) is 19.5 Å². The molecular formula is C24H32N2O3. The van der Waals surface area contributed by atoms with Crippen LogP contribution in [0, 0.1) is 0 Å². The molecule has 1 atom stereocenters. The molecule has 2 aliphatic rings. The van der Waals surface area contributed by atoms with E-state index in [4.69, 9.17) is 4.74 Å². The summed E-state index contributed by atoms with van der Waals surface area (Å²) in [4.78, 5) is 4.66. The summed E-state index contributed by atoms with van der Waals surface area (Å²) in [5.41, 5.74) is 3.93. The van der Waals surface area contributed by atoms with Gasteiger partial charge in [0.25, 0.3) is 0 Å². The summed E-state index contributed by atoms with van der Waals surface area (Å²) in [6, 6.07) is 16.6. The van der Waals surface area contributed by atoms with Crippen LogP contribution in [0.3, 0.4) is 0 Å². The molecule has 0 saturated carbocycles. The highest BCUT2D eigenvalue weighted by atomic mass is 16.5. The van der Waals surface area contributed by atoms with Gasteiger partial charge in [-0.3, -0.25) is 9.80 Å². The largest absolute Gasteiger partial charge is 0.491 e. The zero-order chi connectivity index (χ0) is 20.1. The fourth-order valence-electron chi connectivity index (χ4n) is 4.34. The van der Waals surface area contributed by atoms with Crippen molar-refractivity contribution < 1.29 is 14.9 Å². The predicted molar refractivity (Wildman–Crippen MR) is 114 cm³/mol. The lowest BCUT2D eigenvalue weighted by atomic mass is 10.00. The number of hydrogen-bond acceptors (Lipinski definition) is 5. The Labute approximate surface area is 173 Å². The van der Waals surface area contributed by atoms with Crippen LogP contribution in [0.4, 0.5) is 0 Å². The van der Waals surface area contributed by atoms with Gasteiger partial charge < -0.3 is 14.9 Å². The van der Waals surface area contributed by atoms with Gasteiger partial charge in [0, 0.05) is 44.8 Å². The molecule has 0 bridgehead atoms. The first-order valence-corrected chi connectivity index (χ1v) is 10.8. The highest BCUT2D eigenvalue weighted by Gasteiger charge is 2.20. The zero-order valence-electron chi connectivity index (χ0n) is 17.0. The van der Waals surface area contributed by atoms with E-state index in [1.807, 2.05) is 18.2 Å². The molecule has 0 unspecified atom stereocenters. The number of nitrogens with zero attached hydrogens (tertiary/aromatic N) is 2. The number of rotatable bonds is 7. The van der Waals surface area contributed by atoms with Gasteiger partial charge in [0.15, 0.2) is 0 Å². The number of β-amino-alcohol motifs (C(OH)–C–C–N with tert-alkyl or cyclic N) is 1. The number of fused-ring (bicyclic) bond motifs is 1. The molecule has 2 aliphatic heterocycles. The first-order chi connectivity index (χ1) is 14.2. The SMILES string of the molecule is OC1CCN(Cc2ccccc2OC[C@H](O)CN2CCc3ccccc3C2)CC1. The molecule has 2 N–H and O–H groups in total. The molecule has 4 rings (SSSR count). The summed E-state index contributed by atoms with van der Waals surface area (Å²) in [5, 5.41) is 20.2. The van der Waals surface area contributed by atoms with Gasteiger partial charge in [0.2, 0.25) is 0 Å². The number of aliphatic hydroxyl groups excluding tert-OH is 2. The van der Waals surface area contributed by atoms with E-state index < -0.39 is 6.10 Å². The molecule has 2 aromatic rings. The summed E-state index contributed by atoms with van der Waals surface area (Å²) >= 11 is 0. The van der Waals surface area contributed by atoms with Crippen molar-refractivity contribution in [2.45, 2.75) is 44.6 Å². The van der Waals surface area contributed by atoms with Crippen LogP contribution in [0.15, 0.2) is 48.5 Å². The van der Waals surface area contributed by atoms with Gasteiger partial charge in [-0.1, -0.05) is 42.5 Å². The Balaban J connectivity index is 1.28. The fourth-order valence-corrected chi connectivity index (χ4v) is 4.34.